The fraction of sp³-hybridized carbons (Fsp3) is 0.143. The third kappa shape index (κ3) is 3.77. The molecule has 110 valence electrons. The van der Waals surface area contributed by atoms with E-state index in [9.17, 15) is 4.79 Å². The summed E-state index contributed by atoms with van der Waals surface area (Å²) in [5, 5.41) is 3.02. The van der Waals surface area contributed by atoms with Gasteiger partial charge in [0.05, 0.1) is 14.2 Å². The Balaban J connectivity index is 2.23. The van der Waals surface area contributed by atoms with Crippen molar-refractivity contribution in [3.05, 3.63) is 46.2 Å². The lowest BCUT2D eigenvalue weighted by Crippen LogP contribution is -2.12. The van der Waals surface area contributed by atoms with Crippen LogP contribution in [0.4, 0.5) is 5.69 Å². The minimum Gasteiger partial charge on any atom is -0.493 e. The molecule has 0 atom stereocenters. The molecule has 0 unspecified atom stereocenters. The first kappa shape index (κ1) is 15.4. The summed E-state index contributed by atoms with van der Waals surface area (Å²) in [7, 11) is 3.06. The van der Waals surface area contributed by atoms with E-state index in [1.165, 1.54) is 26.4 Å². The highest BCUT2D eigenvalue weighted by molar-refractivity contribution is 6.33. The smallest absolute Gasteiger partial charge is 0.255 e. The van der Waals surface area contributed by atoms with Crippen LogP contribution in [0.5, 0.6) is 11.5 Å². The van der Waals surface area contributed by atoms with Gasteiger partial charge in [0.1, 0.15) is 10.3 Å². The lowest BCUT2D eigenvalue weighted by Gasteiger charge is -2.10. The molecular formula is C14H12Cl2N2O3. The molecule has 2 rings (SSSR count). The van der Waals surface area contributed by atoms with E-state index >= 15 is 0 Å². The second kappa shape index (κ2) is 6.65. The molecule has 0 radical (unpaired) electrons. The topological polar surface area (TPSA) is 60.5 Å². The minimum atomic E-state index is -0.353. The van der Waals surface area contributed by atoms with Crippen molar-refractivity contribution in [1.29, 1.82) is 0 Å². The molecule has 21 heavy (non-hydrogen) atoms. The van der Waals surface area contributed by atoms with Gasteiger partial charge in [-0.05, 0) is 24.3 Å². The summed E-state index contributed by atoms with van der Waals surface area (Å²) in [5.74, 6) is 0.736. The van der Waals surface area contributed by atoms with Crippen molar-refractivity contribution in [2.75, 3.05) is 19.5 Å². The number of hydrogen-bond donors (Lipinski definition) is 1. The Labute approximate surface area is 131 Å². The molecule has 0 fully saturated rings. The maximum atomic E-state index is 12.1. The van der Waals surface area contributed by atoms with E-state index in [0.717, 1.165) is 0 Å². The predicted molar refractivity (Wildman–Crippen MR) is 81.8 cm³/mol. The second-order valence-electron chi connectivity index (χ2n) is 4.03. The van der Waals surface area contributed by atoms with Crippen LogP contribution in [0.1, 0.15) is 10.4 Å². The standard InChI is InChI=1S/C14H12Cl2N2O3/c1-20-10-4-3-9(7-11(10)21-2)17-14(19)8-5-12(15)18-13(16)6-8/h3-7H,1-2H3,(H,17,19). The van der Waals surface area contributed by atoms with E-state index in [1.807, 2.05) is 0 Å². The van der Waals surface area contributed by atoms with Crippen LogP contribution in [0.3, 0.4) is 0 Å². The molecule has 7 heteroatoms. The number of hydrogen-bond acceptors (Lipinski definition) is 4. The molecule has 1 N–H and O–H groups in total. The van der Waals surface area contributed by atoms with Crippen LogP contribution in [0.15, 0.2) is 30.3 Å². The molecule has 5 nitrogen and oxygen atoms in total. The van der Waals surface area contributed by atoms with Crippen molar-refractivity contribution in [3.63, 3.8) is 0 Å². The number of nitrogens with zero attached hydrogens (tertiary/aromatic N) is 1. The molecule has 0 spiro atoms. The average Bonchev–Trinajstić information content (AvgIpc) is 2.46. The van der Waals surface area contributed by atoms with Crippen LogP contribution in [-0.2, 0) is 0 Å². The first-order valence-corrected chi connectivity index (χ1v) is 6.65. The Morgan fingerprint density at radius 2 is 1.67 bits per heavy atom. The van der Waals surface area contributed by atoms with Crippen molar-refractivity contribution < 1.29 is 14.3 Å². The van der Waals surface area contributed by atoms with Crippen LogP contribution in [0.25, 0.3) is 0 Å². The lowest BCUT2D eigenvalue weighted by molar-refractivity contribution is 0.102. The molecule has 1 aromatic carbocycles. The van der Waals surface area contributed by atoms with Crippen molar-refractivity contribution in [2.45, 2.75) is 0 Å². The number of ether oxygens (including phenoxy) is 2. The Hall–Kier alpha value is -1.98. The lowest BCUT2D eigenvalue weighted by atomic mass is 10.2. The number of halogens is 2. The van der Waals surface area contributed by atoms with Crippen molar-refractivity contribution >= 4 is 34.8 Å². The molecule has 0 saturated heterocycles. The van der Waals surface area contributed by atoms with Crippen LogP contribution in [-0.4, -0.2) is 25.1 Å². The summed E-state index contributed by atoms with van der Waals surface area (Å²) in [6.45, 7) is 0. The van der Waals surface area contributed by atoms with Gasteiger partial charge in [0.2, 0.25) is 0 Å². The van der Waals surface area contributed by atoms with Crippen molar-refractivity contribution in [1.82, 2.24) is 4.98 Å². The van der Waals surface area contributed by atoms with Crippen LogP contribution < -0.4 is 14.8 Å². The number of carbonyl (C=O) groups excluding carboxylic acids is 1. The van der Waals surface area contributed by atoms with Crippen LogP contribution >= 0.6 is 23.2 Å². The van der Waals surface area contributed by atoms with Gasteiger partial charge in [0, 0.05) is 17.3 Å². The fourth-order valence-electron chi connectivity index (χ4n) is 1.71. The van der Waals surface area contributed by atoms with Crippen molar-refractivity contribution in [3.8, 4) is 11.5 Å². The fourth-order valence-corrected chi connectivity index (χ4v) is 2.17. The number of aromatic nitrogens is 1. The van der Waals surface area contributed by atoms with E-state index in [4.69, 9.17) is 32.7 Å². The SMILES string of the molecule is COc1ccc(NC(=O)c2cc(Cl)nc(Cl)c2)cc1OC. The third-order valence-corrected chi connectivity index (χ3v) is 3.05. The number of rotatable bonds is 4. The normalized spacial score (nSPS) is 10.1. The molecule has 1 aromatic heterocycles. The molecule has 1 amide bonds. The molecule has 2 aromatic rings. The maximum Gasteiger partial charge on any atom is 0.255 e. The second-order valence-corrected chi connectivity index (χ2v) is 4.80. The van der Waals surface area contributed by atoms with E-state index in [-0.39, 0.29) is 16.2 Å². The average molecular weight is 327 g/mol. The van der Waals surface area contributed by atoms with Gasteiger partial charge in [0.25, 0.3) is 5.91 Å². The number of pyridine rings is 1. The van der Waals surface area contributed by atoms with Crippen LogP contribution in [0, 0.1) is 0 Å². The van der Waals surface area contributed by atoms with E-state index < -0.39 is 0 Å². The number of carbonyl (C=O) groups is 1. The summed E-state index contributed by atoms with van der Waals surface area (Å²) in [5.41, 5.74) is 0.872. The third-order valence-electron chi connectivity index (χ3n) is 2.67. The van der Waals surface area contributed by atoms with E-state index in [2.05, 4.69) is 10.3 Å². The monoisotopic (exact) mass is 326 g/mol. The number of nitrogens with one attached hydrogen (secondary N) is 1. The molecular weight excluding hydrogens is 315 g/mol. The van der Waals surface area contributed by atoms with Gasteiger partial charge in [-0.15, -0.1) is 0 Å². The number of anilines is 1. The van der Waals surface area contributed by atoms with Gasteiger partial charge in [-0.2, -0.15) is 0 Å². The maximum absolute atomic E-state index is 12.1. The number of amides is 1. The van der Waals surface area contributed by atoms with Gasteiger partial charge in [-0.1, -0.05) is 23.2 Å². The first-order chi connectivity index (χ1) is 10.0. The first-order valence-electron chi connectivity index (χ1n) is 5.90. The summed E-state index contributed by atoms with van der Waals surface area (Å²) >= 11 is 11.5. The molecule has 0 bridgehead atoms. The summed E-state index contributed by atoms with van der Waals surface area (Å²) < 4.78 is 10.3. The molecule has 1 heterocycles. The van der Waals surface area contributed by atoms with Crippen molar-refractivity contribution in [2.24, 2.45) is 0 Å². The largest absolute Gasteiger partial charge is 0.493 e. The number of benzene rings is 1. The Morgan fingerprint density at radius 3 is 2.24 bits per heavy atom. The van der Waals surface area contributed by atoms with E-state index in [1.54, 1.807) is 18.2 Å². The highest BCUT2D eigenvalue weighted by Crippen LogP contribution is 2.30. The summed E-state index contributed by atoms with van der Waals surface area (Å²) in [6, 6.07) is 7.92. The minimum absolute atomic E-state index is 0.153. The van der Waals surface area contributed by atoms with Gasteiger partial charge in [-0.25, -0.2) is 4.98 Å². The molecule has 0 aliphatic heterocycles. The van der Waals surface area contributed by atoms with E-state index in [0.29, 0.717) is 22.7 Å². The van der Waals surface area contributed by atoms with Gasteiger partial charge in [0.15, 0.2) is 11.5 Å². The molecule has 0 aliphatic carbocycles. The molecule has 0 saturated carbocycles. The Kier molecular flexibility index (Phi) is 4.88. The highest BCUT2D eigenvalue weighted by Gasteiger charge is 2.11. The molecule has 0 aliphatic rings. The zero-order valence-corrected chi connectivity index (χ0v) is 12.8. The zero-order chi connectivity index (χ0) is 15.4. The van der Waals surface area contributed by atoms with Gasteiger partial charge in [-0.3, -0.25) is 4.79 Å². The van der Waals surface area contributed by atoms with Crippen LogP contribution in [0.2, 0.25) is 10.3 Å². The number of methoxy groups -OCH3 is 2. The highest BCUT2D eigenvalue weighted by atomic mass is 35.5. The summed E-state index contributed by atoms with van der Waals surface area (Å²) in [6.07, 6.45) is 0. The quantitative estimate of drug-likeness (QED) is 0.871. The summed E-state index contributed by atoms with van der Waals surface area (Å²) in [4.78, 5) is 15.9. The Morgan fingerprint density at radius 1 is 1.05 bits per heavy atom. The van der Waals surface area contributed by atoms with Gasteiger partial charge >= 0.3 is 0 Å². The zero-order valence-electron chi connectivity index (χ0n) is 11.3. The van der Waals surface area contributed by atoms with Gasteiger partial charge < -0.3 is 14.8 Å². The Bertz CT molecular complexity index is 657. The predicted octanol–water partition coefficient (Wildman–Crippen LogP) is 3.66.